The van der Waals surface area contributed by atoms with Gasteiger partial charge in [-0.05, 0) is 37.1 Å². The number of pyridine rings is 1. The van der Waals surface area contributed by atoms with E-state index >= 15 is 0 Å². The molecule has 5 rings (SSSR count). The van der Waals surface area contributed by atoms with Gasteiger partial charge in [-0.1, -0.05) is 18.2 Å². The van der Waals surface area contributed by atoms with Crippen LogP contribution in [0, 0.1) is 6.92 Å². The zero-order valence-electron chi connectivity index (χ0n) is 15.5. The Labute approximate surface area is 162 Å². The minimum atomic E-state index is 0.420. The number of aromatic nitrogens is 6. The van der Waals surface area contributed by atoms with E-state index < -0.39 is 0 Å². The highest BCUT2D eigenvalue weighted by Gasteiger charge is 2.21. The highest BCUT2D eigenvalue weighted by atomic mass is 16.5. The number of aromatic amines is 1. The van der Waals surface area contributed by atoms with Crippen molar-refractivity contribution in [1.82, 2.24) is 29.9 Å². The zero-order chi connectivity index (χ0) is 18.9. The summed E-state index contributed by atoms with van der Waals surface area (Å²) in [6, 6.07) is 12.2. The molecule has 4 aromatic rings. The second-order valence-corrected chi connectivity index (χ2v) is 7.01. The van der Waals surface area contributed by atoms with Crippen LogP contribution in [0.1, 0.15) is 23.6 Å². The van der Waals surface area contributed by atoms with Crippen LogP contribution in [0.5, 0.6) is 5.75 Å². The van der Waals surface area contributed by atoms with Crippen molar-refractivity contribution in [3.05, 3.63) is 66.4 Å². The van der Waals surface area contributed by atoms with Gasteiger partial charge in [0.05, 0.1) is 24.3 Å². The van der Waals surface area contributed by atoms with Gasteiger partial charge in [-0.2, -0.15) is 15.4 Å². The summed E-state index contributed by atoms with van der Waals surface area (Å²) in [5.41, 5.74) is 5.62. The molecule has 0 aliphatic carbocycles. The first-order chi connectivity index (χ1) is 13.8. The third kappa shape index (κ3) is 3.05. The molecule has 0 fully saturated rings. The van der Waals surface area contributed by atoms with Crippen molar-refractivity contribution in [2.24, 2.45) is 0 Å². The maximum atomic E-state index is 5.78. The fraction of sp³-hybridized carbons (Fsp3) is 0.238. The smallest absolute Gasteiger partial charge is 0.122 e. The summed E-state index contributed by atoms with van der Waals surface area (Å²) in [7, 11) is 0. The van der Waals surface area contributed by atoms with Crippen molar-refractivity contribution in [3.8, 4) is 28.4 Å². The Morgan fingerprint density at radius 2 is 2.07 bits per heavy atom. The number of fused-ring (bicyclic) bond motifs is 1. The quantitative estimate of drug-likeness (QED) is 0.592. The van der Waals surface area contributed by atoms with Crippen molar-refractivity contribution in [2.45, 2.75) is 25.8 Å². The van der Waals surface area contributed by atoms with E-state index in [1.807, 2.05) is 37.5 Å². The minimum Gasteiger partial charge on any atom is -0.493 e. The van der Waals surface area contributed by atoms with Crippen LogP contribution in [-0.4, -0.2) is 36.6 Å². The normalized spacial score (nSPS) is 15.8. The number of aryl methyl sites for hydroxylation is 1. The van der Waals surface area contributed by atoms with E-state index in [1.54, 1.807) is 6.20 Å². The second-order valence-electron chi connectivity index (χ2n) is 7.01. The van der Waals surface area contributed by atoms with Gasteiger partial charge in [0.15, 0.2) is 0 Å². The Bertz CT molecular complexity index is 1120. The summed E-state index contributed by atoms with van der Waals surface area (Å²) in [5.74, 6) is 1.42. The van der Waals surface area contributed by atoms with E-state index in [0.717, 1.165) is 53.7 Å². The van der Waals surface area contributed by atoms with Crippen molar-refractivity contribution in [1.29, 1.82) is 0 Å². The zero-order valence-corrected chi connectivity index (χ0v) is 15.5. The van der Waals surface area contributed by atoms with Crippen molar-refractivity contribution < 1.29 is 4.74 Å². The molecule has 0 saturated carbocycles. The number of H-pyrrole nitrogens is 1. The predicted molar refractivity (Wildman–Crippen MR) is 105 cm³/mol. The standard InChI is InChI=1S/C21H20N6O/c1-14-21(25-26-24-14)15-6-8-22-18(10-15)19-12-27(13-23-19)11-16-7-9-28-20-5-3-2-4-17(16)20/h2-6,8,10,12-13,16H,7,9,11H2,1H3,(H,24,25,26). The summed E-state index contributed by atoms with van der Waals surface area (Å²) < 4.78 is 7.91. The molecule has 7 nitrogen and oxygen atoms in total. The molecule has 1 unspecified atom stereocenters. The van der Waals surface area contributed by atoms with Crippen LogP contribution < -0.4 is 4.74 Å². The molecule has 0 amide bonds. The van der Waals surface area contributed by atoms with Gasteiger partial charge in [-0.15, -0.1) is 0 Å². The lowest BCUT2D eigenvalue weighted by atomic mass is 9.93. The van der Waals surface area contributed by atoms with Crippen LogP contribution in [0.4, 0.5) is 0 Å². The average molecular weight is 372 g/mol. The molecule has 0 saturated heterocycles. The number of hydrogen-bond acceptors (Lipinski definition) is 5. The molecule has 7 heteroatoms. The van der Waals surface area contributed by atoms with Gasteiger partial charge in [-0.25, -0.2) is 4.98 Å². The number of para-hydroxylation sites is 1. The molecule has 4 heterocycles. The molecular weight excluding hydrogens is 352 g/mol. The van der Waals surface area contributed by atoms with Crippen molar-refractivity contribution >= 4 is 0 Å². The van der Waals surface area contributed by atoms with Gasteiger partial charge in [0.1, 0.15) is 17.1 Å². The summed E-state index contributed by atoms with van der Waals surface area (Å²) >= 11 is 0. The number of imidazole rings is 1. The van der Waals surface area contributed by atoms with Gasteiger partial charge in [0, 0.05) is 30.4 Å². The monoisotopic (exact) mass is 372 g/mol. The molecule has 0 radical (unpaired) electrons. The predicted octanol–water partition coefficient (Wildman–Crippen LogP) is 3.60. The highest BCUT2D eigenvalue weighted by Crippen LogP contribution is 2.34. The van der Waals surface area contributed by atoms with E-state index in [4.69, 9.17) is 4.74 Å². The van der Waals surface area contributed by atoms with E-state index in [-0.39, 0.29) is 0 Å². The van der Waals surface area contributed by atoms with Crippen LogP contribution in [0.25, 0.3) is 22.6 Å². The van der Waals surface area contributed by atoms with E-state index in [9.17, 15) is 0 Å². The van der Waals surface area contributed by atoms with Crippen LogP contribution in [0.3, 0.4) is 0 Å². The Hall–Kier alpha value is -3.48. The number of hydrogen-bond donors (Lipinski definition) is 1. The van der Waals surface area contributed by atoms with Crippen molar-refractivity contribution in [3.63, 3.8) is 0 Å². The van der Waals surface area contributed by atoms with E-state index in [2.05, 4.69) is 48.3 Å². The SMILES string of the molecule is Cc1n[nH]nc1-c1ccnc(-c2cn(CC3CCOc4ccccc43)cn2)c1. The molecule has 1 aliphatic rings. The van der Waals surface area contributed by atoms with E-state index in [1.165, 1.54) is 5.56 Å². The number of nitrogens with one attached hydrogen (secondary N) is 1. The Balaban J connectivity index is 1.40. The third-order valence-electron chi connectivity index (χ3n) is 5.17. The Morgan fingerprint density at radius 1 is 1.14 bits per heavy atom. The topological polar surface area (TPSA) is 81.5 Å². The van der Waals surface area contributed by atoms with Gasteiger partial charge in [0.2, 0.25) is 0 Å². The number of ether oxygens (including phenoxy) is 1. The largest absolute Gasteiger partial charge is 0.493 e. The molecular formula is C21H20N6O. The Kier molecular flexibility index (Phi) is 4.12. The van der Waals surface area contributed by atoms with Crippen LogP contribution >= 0.6 is 0 Å². The lowest BCUT2D eigenvalue weighted by Crippen LogP contribution is -2.18. The maximum absolute atomic E-state index is 5.78. The first kappa shape index (κ1) is 16.7. The number of rotatable bonds is 4. The van der Waals surface area contributed by atoms with Gasteiger partial charge in [0.25, 0.3) is 0 Å². The molecule has 3 aromatic heterocycles. The molecule has 0 bridgehead atoms. The lowest BCUT2D eigenvalue weighted by molar-refractivity contribution is 0.259. The summed E-state index contributed by atoms with van der Waals surface area (Å²) in [5, 5.41) is 11.0. The lowest BCUT2D eigenvalue weighted by Gasteiger charge is -2.26. The molecule has 1 aromatic carbocycles. The molecule has 1 atom stereocenters. The molecule has 0 spiro atoms. The van der Waals surface area contributed by atoms with Gasteiger partial charge < -0.3 is 9.30 Å². The summed E-state index contributed by atoms with van der Waals surface area (Å²) in [6.07, 6.45) is 6.72. The minimum absolute atomic E-state index is 0.420. The molecule has 1 N–H and O–H groups in total. The van der Waals surface area contributed by atoms with Crippen LogP contribution in [-0.2, 0) is 6.54 Å². The maximum Gasteiger partial charge on any atom is 0.122 e. The molecule has 140 valence electrons. The number of benzene rings is 1. The second kappa shape index (κ2) is 6.92. The fourth-order valence-electron chi connectivity index (χ4n) is 3.73. The first-order valence-electron chi connectivity index (χ1n) is 9.35. The third-order valence-corrected chi connectivity index (χ3v) is 5.17. The van der Waals surface area contributed by atoms with E-state index in [0.29, 0.717) is 5.92 Å². The first-order valence-corrected chi connectivity index (χ1v) is 9.35. The average Bonchev–Trinajstić information content (AvgIpc) is 3.37. The highest BCUT2D eigenvalue weighted by molar-refractivity contribution is 5.67. The summed E-state index contributed by atoms with van der Waals surface area (Å²) in [4.78, 5) is 9.07. The summed E-state index contributed by atoms with van der Waals surface area (Å²) in [6.45, 7) is 3.55. The van der Waals surface area contributed by atoms with Crippen LogP contribution in [0.2, 0.25) is 0 Å². The number of nitrogens with zero attached hydrogens (tertiary/aromatic N) is 5. The Morgan fingerprint density at radius 3 is 2.96 bits per heavy atom. The van der Waals surface area contributed by atoms with Crippen LogP contribution in [0.15, 0.2) is 55.1 Å². The fourth-order valence-corrected chi connectivity index (χ4v) is 3.73. The molecule has 28 heavy (non-hydrogen) atoms. The molecule has 1 aliphatic heterocycles. The van der Waals surface area contributed by atoms with Gasteiger partial charge >= 0.3 is 0 Å². The van der Waals surface area contributed by atoms with Gasteiger partial charge in [-0.3, -0.25) is 4.98 Å². The van der Waals surface area contributed by atoms with Crippen molar-refractivity contribution in [2.75, 3.05) is 6.61 Å².